The maximum Gasteiger partial charge on any atom is 0.230 e. The predicted octanol–water partition coefficient (Wildman–Crippen LogP) is 5.75. The minimum absolute atomic E-state index is 0.0655. The van der Waals surface area contributed by atoms with E-state index in [9.17, 15) is 9.59 Å². The Morgan fingerprint density at radius 1 is 1.20 bits per heavy atom. The first-order valence-electron chi connectivity index (χ1n) is 9.13. The predicted molar refractivity (Wildman–Crippen MR) is 107 cm³/mol. The van der Waals surface area contributed by atoms with Crippen molar-refractivity contribution in [2.24, 2.45) is 11.3 Å². The van der Waals surface area contributed by atoms with Crippen LogP contribution in [0.15, 0.2) is 24.3 Å². The largest absolute Gasteiger partial charge is 0.325 e. The number of benzene rings is 1. The number of carbonyl (C=O) groups is 2. The van der Waals surface area contributed by atoms with E-state index >= 15 is 0 Å². The summed E-state index contributed by atoms with van der Waals surface area (Å²) in [7, 11) is 0. The van der Waals surface area contributed by atoms with Crippen molar-refractivity contribution >= 4 is 40.9 Å². The average molecular weight is 382 g/mol. The fourth-order valence-corrected chi connectivity index (χ4v) is 3.93. The summed E-state index contributed by atoms with van der Waals surface area (Å²) in [6.45, 7) is 4.39. The zero-order chi connectivity index (χ0) is 18.4. The van der Waals surface area contributed by atoms with Crippen molar-refractivity contribution in [2.75, 3.05) is 5.32 Å². The molecule has 1 N–H and O–H groups in total. The molecule has 25 heavy (non-hydrogen) atoms. The monoisotopic (exact) mass is 381 g/mol. The number of hydrogen-bond donors (Lipinski definition) is 2. The lowest BCUT2D eigenvalue weighted by Gasteiger charge is -2.36. The lowest BCUT2D eigenvalue weighted by molar-refractivity contribution is -0.128. The van der Waals surface area contributed by atoms with E-state index in [2.05, 4.69) is 31.8 Å². The second-order valence-corrected chi connectivity index (χ2v) is 8.39. The van der Waals surface area contributed by atoms with E-state index < -0.39 is 10.5 Å². The summed E-state index contributed by atoms with van der Waals surface area (Å²) >= 11 is 10.0. The molecule has 1 aromatic rings. The zero-order valence-corrected chi connectivity index (χ0v) is 16.7. The normalized spacial score (nSPS) is 18.0. The van der Waals surface area contributed by atoms with Gasteiger partial charge in [0.25, 0.3) is 0 Å². The van der Waals surface area contributed by atoms with Crippen molar-refractivity contribution in [2.45, 2.75) is 64.2 Å². The van der Waals surface area contributed by atoms with Gasteiger partial charge >= 0.3 is 0 Å². The fourth-order valence-electron chi connectivity index (χ4n) is 3.60. The Labute approximate surface area is 161 Å². The van der Waals surface area contributed by atoms with Crippen LogP contribution in [-0.2, 0) is 9.59 Å². The number of thiol groups is 1. The maximum atomic E-state index is 13.2. The number of amides is 1. The SMILES string of the molecule is CC(C)CCC1(C(=O)Nc2ccccc2[C@H](Cl)C(=O)S)CCCCC1. The highest BCUT2D eigenvalue weighted by Gasteiger charge is 2.39. The lowest BCUT2D eigenvalue weighted by atomic mass is 9.69. The molecule has 0 heterocycles. The molecule has 1 aromatic carbocycles. The molecule has 1 atom stereocenters. The van der Waals surface area contributed by atoms with E-state index in [1.807, 2.05) is 12.1 Å². The molecule has 0 unspecified atom stereocenters. The quantitative estimate of drug-likeness (QED) is 0.466. The van der Waals surface area contributed by atoms with Gasteiger partial charge in [-0.15, -0.1) is 24.2 Å². The van der Waals surface area contributed by atoms with Gasteiger partial charge < -0.3 is 5.32 Å². The molecule has 138 valence electrons. The summed E-state index contributed by atoms with van der Waals surface area (Å²) in [6, 6.07) is 7.22. The van der Waals surface area contributed by atoms with E-state index in [-0.39, 0.29) is 11.3 Å². The molecule has 1 amide bonds. The summed E-state index contributed by atoms with van der Waals surface area (Å²) in [5.41, 5.74) is 0.916. The molecule has 0 spiro atoms. The van der Waals surface area contributed by atoms with Gasteiger partial charge in [-0.05, 0) is 37.7 Å². The summed E-state index contributed by atoms with van der Waals surface area (Å²) in [5.74, 6) is 0.642. The highest BCUT2D eigenvalue weighted by atomic mass is 35.5. The first-order valence-corrected chi connectivity index (χ1v) is 10.0. The van der Waals surface area contributed by atoms with Crippen LogP contribution in [0.1, 0.15) is 69.7 Å². The van der Waals surface area contributed by atoms with Crippen molar-refractivity contribution in [3.05, 3.63) is 29.8 Å². The van der Waals surface area contributed by atoms with Gasteiger partial charge in [-0.2, -0.15) is 0 Å². The molecule has 1 aliphatic carbocycles. The molecule has 2 rings (SSSR count). The van der Waals surface area contributed by atoms with E-state index in [1.54, 1.807) is 12.1 Å². The Balaban J connectivity index is 2.22. The smallest absolute Gasteiger partial charge is 0.230 e. The average Bonchev–Trinajstić information content (AvgIpc) is 2.60. The molecule has 0 bridgehead atoms. The highest BCUT2D eigenvalue weighted by Crippen LogP contribution is 2.42. The van der Waals surface area contributed by atoms with Crippen LogP contribution in [-0.4, -0.2) is 11.0 Å². The molecule has 0 saturated heterocycles. The van der Waals surface area contributed by atoms with Crippen LogP contribution >= 0.6 is 24.2 Å². The molecule has 0 aliphatic heterocycles. The molecule has 0 aromatic heterocycles. The van der Waals surface area contributed by atoms with E-state index in [0.717, 1.165) is 38.5 Å². The number of rotatable bonds is 7. The Bertz CT molecular complexity index is 611. The van der Waals surface area contributed by atoms with Crippen LogP contribution in [0, 0.1) is 11.3 Å². The number of anilines is 1. The molecule has 1 saturated carbocycles. The lowest BCUT2D eigenvalue weighted by Crippen LogP contribution is -2.38. The highest BCUT2D eigenvalue weighted by molar-refractivity contribution is 7.96. The van der Waals surface area contributed by atoms with Crippen LogP contribution in [0.3, 0.4) is 0 Å². The van der Waals surface area contributed by atoms with Crippen LogP contribution < -0.4 is 5.32 Å². The minimum atomic E-state index is -0.863. The summed E-state index contributed by atoms with van der Waals surface area (Å²) in [5, 5.41) is 1.79. The van der Waals surface area contributed by atoms with Crippen LogP contribution in [0.4, 0.5) is 5.69 Å². The third-order valence-corrected chi connectivity index (χ3v) is 6.04. The van der Waals surface area contributed by atoms with Crippen molar-refractivity contribution in [1.82, 2.24) is 0 Å². The minimum Gasteiger partial charge on any atom is -0.325 e. The molecular formula is C20H28ClNO2S. The summed E-state index contributed by atoms with van der Waals surface area (Å²) in [4.78, 5) is 24.7. The number of hydrogen-bond acceptors (Lipinski definition) is 2. The molecule has 3 nitrogen and oxygen atoms in total. The zero-order valence-electron chi connectivity index (χ0n) is 15.1. The molecule has 0 radical (unpaired) electrons. The van der Waals surface area contributed by atoms with Crippen LogP contribution in [0.2, 0.25) is 0 Å². The number of para-hydroxylation sites is 1. The van der Waals surface area contributed by atoms with Crippen LogP contribution in [0.25, 0.3) is 0 Å². The van der Waals surface area contributed by atoms with Gasteiger partial charge in [-0.1, -0.05) is 51.3 Å². The van der Waals surface area contributed by atoms with Crippen molar-refractivity contribution in [1.29, 1.82) is 0 Å². The van der Waals surface area contributed by atoms with Crippen molar-refractivity contribution in [3.63, 3.8) is 0 Å². The van der Waals surface area contributed by atoms with Gasteiger partial charge in [0.2, 0.25) is 11.0 Å². The molecule has 5 heteroatoms. The summed E-state index contributed by atoms with van der Waals surface area (Å²) in [6.07, 6.45) is 7.22. The van der Waals surface area contributed by atoms with Crippen molar-refractivity contribution in [3.8, 4) is 0 Å². The second kappa shape index (κ2) is 9.09. The topological polar surface area (TPSA) is 46.2 Å². The molecular weight excluding hydrogens is 354 g/mol. The van der Waals surface area contributed by atoms with Gasteiger partial charge in [0.05, 0.1) is 0 Å². The number of alkyl halides is 1. The van der Waals surface area contributed by atoms with Crippen LogP contribution in [0.5, 0.6) is 0 Å². The third-order valence-electron chi connectivity index (χ3n) is 5.19. The van der Waals surface area contributed by atoms with E-state index in [1.165, 1.54) is 6.42 Å². The molecule has 1 aliphatic rings. The van der Waals surface area contributed by atoms with E-state index in [4.69, 9.17) is 11.6 Å². The third kappa shape index (κ3) is 5.24. The maximum absolute atomic E-state index is 13.2. The van der Waals surface area contributed by atoms with Gasteiger partial charge in [0.1, 0.15) is 5.38 Å². The first kappa shape index (κ1) is 20.3. The second-order valence-electron chi connectivity index (χ2n) is 7.52. The van der Waals surface area contributed by atoms with Gasteiger partial charge in [-0.25, -0.2) is 0 Å². The number of halogens is 1. The Hall–Kier alpha value is -1.000. The Kier molecular flexibility index (Phi) is 7.38. The summed E-state index contributed by atoms with van der Waals surface area (Å²) < 4.78 is 0. The van der Waals surface area contributed by atoms with Crippen molar-refractivity contribution < 1.29 is 9.59 Å². The fraction of sp³-hybridized carbons (Fsp3) is 0.600. The first-order chi connectivity index (χ1) is 11.9. The molecule has 1 fully saturated rings. The number of carbonyl (C=O) groups excluding carboxylic acids is 2. The van der Waals surface area contributed by atoms with Gasteiger partial charge in [0.15, 0.2) is 0 Å². The van der Waals surface area contributed by atoms with Gasteiger partial charge in [-0.3, -0.25) is 9.59 Å². The Morgan fingerprint density at radius 3 is 2.44 bits per heavy atom. The van der Waals surface area contributed by atoms with E-state index in [0.29, 0.717) is 17.2 Å². The number of nitrogens with one attached hydrogen (secondary N) is 1. The Morgan fingerprint density at radius 2 is 1.84 bits per heavy atom. The van der Waals surface area contributed by atoms with Gasteiger partial charge in [0, 0.05) is 16.7 Å². The standard InChI is InChI=1S/C20H28ClNO2S/c1-14(2)10-13-20(11-6-3-7-12-20)19(24)22-16-9-5-4-8-15(16)17(21)18(23)25/h4-5,8-9,14,17H,3,6-7,10-13H2,1-2H3,(H,22,24)(H,23,25)/t17-/m0/s1.